The molecule has 0 saturated carbocycles. The predicted molar refractivity (Wildman–Crippen MR) is 71.8 cm³/mol. The summed E-state index contributed by atoms with van der Waals surface area (Å²) in [6.45, 7) is 1.72. The van der Waals surface area contributed by atoms with Crippen LogP contribution in [-0.4, -0.2) is 18.0 Å². The molecule has 7 heteroatoms. The number of nitrogens with one attached hydrogen (secondary N) is 1. The second-order valence-corrected chi connectivity index (χ2v) is 4.73. The minimum atomic E-state index is -0.929. The van der Waals surface area contributed by atoms with Crippen LogP contribution in [0.1, 0.15) is 23.2 Å². The Morgan fingerprint density at radius 2 is 2.20 bits per heavy atom. The molecule has 0 aliphatic heterocycles. The first kappa shape index (κ1) is 14.4. The van der Waals surface area contributed by atoms with Crippen molar-refractivity contribution in [3.05, 3.63) is 46.7 Å². The van der Waals surface area contributed by atoms with Gasteiger partial charge in [-0.15, -0.1) is 0 Å². The van der Waals surface area contributed by atoms with Crippen molar-refractivity contribution >= 4 is 27.8 Å². The van der Waals surface area contributed by atoms with Gasteiger partial charge in [-0.1, -0.05) is 0 Å². The van der Waals surface area contributed by atoms with Gasteiger partial charge in [0.15, 0.2) is 10.8 Å². The zero-order valence-corrected chi connectivity index (χ0v) is 12.2. The summed E-state index contributed by atoms with van der Waals surface area (Å²) < 4.78 is 15.5. The molecule has 0 fully saturated rings. The average molecular weight is 342 g/mol. The van der Waals surface area contributed by atoms with Crippen molar-refractivity contribution in [2.75, 3.05) is 0 Å². The zero-order valence-electron chi connectivity index (χ0n) is 10.6. The lowest BCUT2D eigenvalue weighted by Crippen LogP contribution is -2.35. The highest BCUT2D eigenvalue weighted by Gasteiger charge is 2.20. The number of esters is 1. The van der Waals surface area contributed by atoms with Gasteiger partial charge in [-0.05, 0) is 47.1 Å². The normalized spacial score (nSPS) is 11.9. The molecule has 20 heavy (non-hydrogen) atoms. The fraction of sp³-hybridized carbons (Fsp3) is 0.231. The lowest BCUT2D eigenvalue weighted by Gasteiger charge is -2.11. The quantitative estimate of drug-likeness (QED) is 0.845. The highest BCUT2D eigenvalue weighted by Crippen LogP contribution is 2.15. The molecule has 0 unspecified atom stereocenters. The largest absolute Gasteiger partial charge is 0.467 e. The van der Waals surface area contributed by atoms with Gasteiger partial charge in [-0.2, -0.15) is 0 Å². The van der Waals surface area contributed by atoms with E-state index in [9.17, 15) is 9.59 Å². The monoisotopic (exact) mass is 341 g/mol. The molecule has 0 aliphatic rings. The Labute approximate surface area is 123 Å². The second-order valence-electron chi connectivity index (χ2n) is 3.95. The van der Waals surface area contributed by atoms with Crippen molar-refractivity contribution in [3.63, 3.8) is 0 Å². The van der Waals surface area contributed by atoms with Crippen LogP contribution in [0.4, 0.5) is 0 Å². The first-order chi connectivity index (χ1) is 9.56. The highest BCUT2D eigenvalue weighted by atomic mass is 79.9. The first-order valence-corrected chi connectivity index (χ1v) is 6.62. The molecular weight excluding hydrogens is 330 g/mol. The molecule has 0 aliphatic carbocycles. The number of carbonyl (C=O) groups excluding carboxylic acids is 2. The van der Waals surface area contributed by atoms with Crippen LogP contribution < -0.4 is 5.32 Å². The van der Waals surface area contributed by atoms with E-state index in [1.807, 2.05) is 0 Å². The molecule has 2 aromatic rings. The Balaban J connectivity index is 1.83. The van der Waals surface area contributed by atoms with Gasteiger partial charge in [0.25, 0.3) is 5.91 Å². The van der Waals surface area contributed by atoms with E-state index in [1.54, 1.807) is 18.2 Å². The van der Waals surface area contributed by atoms with Crippen LogP contribution in [0.25, 0.3) is 0 Å². The third-order valence-corrected chi connectivity index (χ3v) is 2.87. The standard InChI is InChI=1S/C13H12BrNO5/c1-8(12(16)15-7-9-3-2-6-18-9)19-13(17)10-4-5-11(14)20-10/h2-6,8H,7H2,1H3,(H,15,16)/t8-/m0/s1. The Hall–Kier alpha value is -2.02. The van der Waals surface area contributed by atoms with Crippen molar-refractivity contribution < 1.29 is 23.2 Å². The van der Waals surface area contributed by atoms with E-state index in [1.165, 1.54) is 19.3 Å². The summed E-state index contributed by atoms with van der Waals surface area (Å²) in [5.41, 5.74) is 0. The maximum Gasteiger partial charge on any atom is 0.375 e. The van der Waals surface area contributed by atoms with Crippen LogP contribution in [0, 0.1) is 0 Å². The fourth-order valence-corrected chi connectivity index (χ4v) is 1.73. The van der Waals surface area contributed by atoms with E-state index < -0.39 is 18.0 Å². The maximum atomic E-state index is 11.7. The van der Waals surface area contributed by atoms with E-state index in [-0.39, 0.29) is 12.3 Å². The third-order valence-electron chi connectivity index (χ3n) is 2.44. The maximum absolute atomic E-state index is 11.7. The molecule has 2 aromatic heterocycles. The minimum absolute atomic E-state index is 0.0301. The lowest BCUT2D eigenvalue weighted by molar-refractivity contribution is -0.129. The SMILES string of the molecule is C[C@H](OC(=O)c1ccc(Br)o1)C(=O)NCc1ccco1. The Morgan fingerprint density at radius 3 is 2.80 bits per heavy atom. The Kier molecular flexibility index (Phi) is 4.62. The summed E-state index contributed by atoms with van der Waals surface area (Å²) in [5.74, 6) is -0.467. The molecule has 0 bridgehead atoms. The van der Waals surface area contributed by atoms with Gasteiger partial charge in [0, 0.05) is 0 Å². The molecule has 2 rings (SSSR count). The second kappa shape index (κ2) is 6.42. The molecule has 6 nitrogen and oxygen atoms in total. The molecule has 0 saturated heterocycles. The summed E-state index contributed by atoms with van der Waals surface area (Å²) in [4.78, 5) is 23.4. The highest BCUT2D eigenvalue weighted by molar-refractivity contribution is 9.10. The Bertz CT molecular complexity index is 590. The van der Waals surface area contributed by atoms with Gasteiger partial charge in [0.2, 0.25) is 5.76 Å². The van der Waals surface area contributed by atoms with Crippen LogP contribution in [0.15, 0.2) is 44.0 Å². The summed E-state index contributed by atoms with van der Waals surface area (Å²) in [6, 6.07) is 6.48. The number of hydrogen-bond donors (Lipinski definition) is 1. The van der Waals surface area contributed by atoms with Crippen molar-refractivity contribution in [3.8, 4) is 0 Å². The van der Waals surface area contributed by atoms with Crippen LogP contribution in [-0.2, 0) is 16.1 Å². The zero-order chi connectivity index (χ0) is 14.5. The van der Waals surface area contributed by atoms with E-state index in [0.717, 1.165) is 0 Å². The van der Waals surface area contributed by atoms with Gasteiger partial charge >= 0.3 is 5.97 Å². The number of rotatable bonds is 5. The molecule has 0 radical (unpaired) electrons. The molecule has 1 atom stereocenters. The lowest BCUT2D eigenvalue weighted by atomic mass is 10.3. The van der Waals surface area contributed by atoms with Gasteiger partial charge in [0.05, 0.1) is 12.8 Å². The number of amides is 1. The molecule has 0 aromatic carbocycles. The first-order valence-electron chi connectivity index (χ1n) is 5.82. The van der Waals surface area contributed by atoms with Crippen LogP contribution in [0.2, 0.25) is 0 Å². The van der Waals surface area contributed by atoms with Gasteiger partial charge < -0.3 is 18.9 Å². The number of hydrogen-bond acceptors (Lipinski definition) is 5. The van der Waals surface area contributed by atoms with E-state index >= 15 is 0 Å². The van der Waals surface area contributed by atoms with Crippen molar-refractivity contribution in [2.45, 2.75) is 19.6 Å². The summed E-state index contributed by atoms with van der Waals surface area (Å²) in [5, 5.41) is 2.60. The van der Waals surface area contributed by atoms with E-state index in [4.69, 9.17) is 13.6 Å². The van der Waals surface area contributed by atoms with Gasteiger partial charge in [-0.3, -0.25) is 4.79 Å². The van der Waals surface area contributed by atoms with Crippen LogP contribution in [0.5, 0.6) is 0 Å². The fourth-order valence-electron chi connectivity index (χ4n) is 1.43. The minimum Gasteiger partial charge on any atom is -0.467 e. The topological polar surface area (TPSA) is 81.7 Å². The van der Waals surface area contributed by atoms with Crippen LogP contribution >= 0.6 is 15.9 Å². The van der Waals surface area contributed by atoms with E-state index in [0.29, 0.717) is 10.4 Å². The molecule has 2 heterocycles. The Morgan fingerprint density at radius 1 is 1.40 bits per heavy atom. The van der Waals surface area contributed by atoms with E-state index in [2.05, 4.69) is 21.2 Å². The number of ether oxygens (including phenoxy) is 1. The molecule has 106 valence electrons. The van der Waals surface area contributed by atoms with Gasteiger partial charge in [0.1, 0.15) is 5.76 Å². The van der Waals surface area contributed by atoms with Crippen molar-refractivity contribution in [1.82, 2.24) is 5.32 Å². The smallest absolute Gasteiger partial charge is 0.375 e. The molecule has 0 spiro atoms. The van der Waals surface area contributed by atoms with Crippen molar-refractivity contribution in [2.24, 2.45) is 0 Å². The molecule has 1 amide bonds. The number of carbonyl (C=O) groups is 2. The third kappa shape index (κ3) is 3.74. The average Bonchev–Trinajstić information content (AvgIpc) is 3.06. The number of halogens is 1. The molecule has 1 N–H and O–H groups in total. The van der Waals surface area contributed by atoms with Gasteiger partial charge in [-0.25, -0.2) is 4.79 Å². The summed E-state index contributed by atoms with van der Waals surface area (Å²) in [6.07, 6.45) is 0.584. The summed E-state index contributed by atoms with van der Waals surface area (Å²) in [7, 11) is 0. The van der Waals surface area contributed by atoms with Crippen LogP contribution in [0.3, 0.4) is 0 Å². The predicted octanol–water partition coefficient (Wildman–Crippen LogP) is 2.50. The van der Waals surface area contributed by atoms with Crippen molar-refractivity contribution in [1.29, 1.82) is 0 Å². The molecular formula is C13H12BrNO5. The summed E-state index contributed by atoms with van der Waals surface area (Å²) >= 11 is 3.08. The number of furan rings is 2.